The molecule has 0 spiro atoms. The molecule has 0 radical (unpaired) electrons. The normalized spacial score (nSPS) is 17.8. The first-order valence-corrected chi connectivity index (χ1v) is 7.63. The zero-order valence-electron chi connectivity index (χ0n) is 11.0. The van der Waals surface area contributed by atoms with Crippen LogP contribution in [0.5, 0.6) is 0 Å². The molecular weight excluding hydrogens is 281 g/mol. The highest BCUT2D eigenvalue weighted by atomic mass is 35.5. The fourth-order valence-corrected chi connectivity index (χ4v) is 2.99. The predicted molar refractivity (Wildman–Crippen MR) is 80.3 cm³/mol. The average Bonchev–Trinajstić information content (AvgIpc) is 2.32. The molecule has 4 heteroatoms. The molecule has 0 saturated carbocycles. The summed E-state index contributed by atoms with van der Waals surface area (Å²) in [6.07, 6.45) is 6.23. The third-order valence-electron chi connectivity index (χ3n) is 3.55. The molecule has 1 saturated heterocycles. The predicted octanol–water partition coefficient (Wildman–Crippen LogP) is 4.44. The fraction of sp³-hybridized carbons (Fsp3) is 0.533. The van der Waals surface area contributed by atoms with Gasteiger partial charge in [-0.2, -0.15) is 0 Å². The number of nitrogens with zero attached hydrogens (tertiary/aromatic N) is 1. The lowest BCUT2D eigenvalue weighted by atomic mass is 10.1. The van der Waals surface area contributed by atoms with E-state index in [9.17, 15) is 4.79 Å². The Morgan fingerprint density at radius 3 is 2.32 bits per heavy atom. The van der Waals surface area contributed by atoms with Gasteiger partial charge in [-0.05, 0) is 44.1 Å². The molecule has 0 aromatic heterocycles. The number of carbonyl (C=O) groups excluding carboxylic acids is 1. The number of carbonyl (C=O) groups is 1. The third kappa shape index (κ3) is 4.48. The third-order valence-corrected chi connectivity index (χ3v) is 4.10. The van der Waals surface area contributed by atoms with Gasteiger partial charge in [0, 0.05) is 10.6 Å². The first kappa shape index (κ1) is 14.8. The van der Waals surface area contributed by atoms with Crippen molar-refractivity contribution in [1.29, 1.82) is 0 Å². The monoisotopic (exact) mass is 299 g/mol. The molecule has 1 aliphatic heterocycles. The van der Waals surface area contributed by atoms with E-state index in [1.54, 1.807) is 18.2 Å². The van der Waals surface area contributed by atoms with Gasteiger partial charge in [-0.25, -0.2) is 0 Å². The molecule has 1 heterocycles. The Labute approximate surface area is 124 Å². The molecule has 19 heavy (non-hydrogen) atoms. The zero-order valence-corrected chi connectivity index (χ0v) is 12.5. The van der Waals surface area contributed by atoms with Gasteiger partial charge in [0.1, 0.15) is 0 Å². The summed E-state index contributed by atoms with van der Waals surface area (Å²) >= 11 is 11.9. The van der Waals surface area contributed by atoms with Gasteiger partial charge in [0.15, 0.2) is 5.78 Å². The number of halogens is 2. The van der Waals surface area contributed by atoms with E-state index in [2.05, 4.69) is 4.90 Å². The lowest BCUT2D eigenvalue weighted by Crippen LogP contribution is -2.32. The second-order valence-corrected chi connectivity index (χ2v) is 5.93. The van der Waals surface area contributed by atoms with Gasteiger partial charge in [0.25, 0.3) is 0 Å². The maximum absolute atomic E-state index is 12.3. The highest BCUT2D eigenvalue weighted by Gasteiger charge is 2.16. The van der Waals surface area contributed by atoms with Crippen molar-refractivity contribution in [2.24, 2.45) is 0 Å². The number of likely N-dealkylation sites (tertiary alicyclic amines) is 1. The van der Waals surface area contributed by atoms with Gasteiger partial charge in [0.05, 0.1) is 11.6 Å². The van der Waals surface area contributed by atoms with Crippen LogP contribution in [0, 0.1) is 0 Å². The van der Waals surface area contributed by atoms with Crippen LogP contribution in [0.2, 0.25) is 10.0 Å². The Bertz CT molecular complexity index is 440. The highest BCUT2D eigenvalue weighted by molar-refractivity contribution is 6.36. The molecule has 0 aliphatic carbocycles. The second-order valence-electron chi connectivity index (χ2n) is 5.09. The Morgan fingerprint density at radius 2 is 1.68 bits per heavy atom. The van der Waals surface area contributed by atoms with E-state index >= 15 is 0 Å². The van der Waals surface area contributed by atoms with Crippen molar-refractivity contribution >= 4 is 29.0 Å². The molecule has 2 rings (SSSR count). The van der Waals surface area contributed by atoms with Crippen LogP contribution < -0.4 is 0 Å². The number of rotatable bonds is 3. The molecule has 1 aromatic rings. The van der Waals surface area contributed by atoms with E-state index in [1.807, 2.05) is 0 Å². The Morgan fingerprint density at radius 1 is 1.05 bits per heavy atom. The van der Waals surface area contributed by atoms with Crippen LogP contribution in [0.15, 0.2) is 18.2 Å². The Balaban J connectivity index is 1.99. The zero-order chi connectivity index (χ0) is 13.7. The van der Waals surface area contributed by atoms with Gasteiger partial charge >= 0.3 is 0 Å². The summed E-state index contributed by atoms with van der Waals surface area (Å²) in [7, 11) is 0. The summed E-state index contributed by atoms with van der Waals surface area (Å²) in [6.45, 7) is 2.48. The number of ketones is 1. The minimum Gasteiger partial charge on any atom is -0.296 e. The van der Waals surface area contributed by atoms with Gasteiger partial charge in [0.2, 0.25) is 0 Å². The van der Waals surface area contributed by atoms with E-state index in [-0.39, 0.29) is 5.78 Å². The molecule has 1 aliphatic rings. The van der Waals surface area contributed by atoms with Gasteiger partial charge < -0.3 is 0 Å². The van der Waals surface area contributed by atoms with Crippen molar-refractivity contribution in [3.63, 3.8) is 0 Å². The van der Waals surface area contributed by atoms with E-state index < -0.39 is 0 Å². The summed E-state index contributed by atoms with van der Waals surface area (Å²) < 4.78 is 0. The summed E-state index contributed by atoms with van der Waals surface area (Å²) in [5, 5.41) is 1.01. The van der Waals surface area contributed by atoms with Crippen LogP contribution in [0.25, 0.3) is 0 Å². The fourth-order valence-electron chi connectivity index (χ4n) is 2.47. The summed E-state index contributed by atoms with van der Waals surface area (Å²) in [6, 6.07) is 5.06. The molecule has 0 N–H and O–H groups in total. The van der Waals surface area contributed by atoms with E-state index in [1.165, 1.54) is 32.1 Å². The SMILES string of the molecule is O=C(CN1CCCCCCC1)c1ccc(Cl)cc1Cl. The van der Waals surface area contributed by atoms with Crippen LogP contribution in [0.3, 0.4) is 0 Å². The van der Waals surface area contributed by atoms with E-state index in [0.717, 1.165) is 13.1 Å². The largest absolute Gasteiger partial charge is 0.296 e. The minimum absolute atomic E-state index is 0.0854. The number of hydrogen-bond donors (Lipinski definition) is 0. The standard InChI is InChI=1S/C15H19Cl2NO/c16-12-6-7-13(14(17)10-12)15(19)11-18-8-4-2-1-3-5-9-18/h6-7,10H,1-5,8-9,11H2. The molecule has 0 unspecified atom stereocenters. The van der Waals surface area contributed by atoms with Crippen molar-refractivity contribution in [3.8, 4) is 0 Å². The van der Waals surface area contributed by atoms with Gasteiger partial charge in [-0.3, -0.25) is 9.69 Å². The number of hydrogen-bond acceptors (Lipinski definition) is 2. The number of benzene rings is 1. The molecule has 2 nitrogen and oxygen atoms in total. The summed E-state index contributed by atoms with van der Waals surface area (Å²) in [5.41, 5.74) is 0.577. The van der Waals surface area contributed by atoms with E-state index in [0.29, 0.717) is 22.2 Å². The lowest BCUT2D eigenvalue weighted by molar-refractivity contribution is 0.0924. The first-order valence-electron chi connectivity index (χ1n) is 6.87. The van der Waals surface area contributed by atoms with Crippen LogP contribution in [-0.4, -0.2) is 30.3 Å². The molecule has 0 amide bonds. The highest BCUT2D eigenvalue weighted by Crippen LogP contribution is 2.22. The smallest absolute Gasteiger partial charge is 0.178 e. The van der Waals surface area contributed by atoms with Crippen molar-refractivity contribution in [1.82, 2.24) is 4.90 Å². The van der Waals surface area contributed by atoms with Crippen molar-refractivity contribution < 1.29 is 4.79 Å². The van der Waals surface area contributed by atoms with Crippen molar-refractivity contribution in [2.45, 2.75) is 32.1 Å². The quantitative estimate of drug-likeness (QED) is 0.769. The lowest BCUT2D eigenvalue weighted by Gasteiger charge is -2.23. The molecule has 1 aromatic carbocycles. The molecular formula is C15H19Cl2NO. The molecule has 0 bridgehead atoms. The van der Waals surface area contributed by atoms with Gasteiger partial charge in [-0.15, -0.1) is 0 Å². The van der Waals surface area contributed by atoms with Crippen LogP contribution in [-0.2, 0) is 0 Å². The summed E-state index contributed by atoms with van der Waals surface area (Å²) in [4.78, 5) is 14.5. The minimum atomic E-state index is 0.0854. The topological polar surface area (TPSA) is 20.3 Å². The second kappa shape index (κ2) is 7.28. The maximum atomic E-state index is 12.3. The molecule has 1 fully saturated rings. The van der Waals surface area contributed by atoms with Crippen LogP contribution >= 0.6 is 23.2 Å². The van der Waals surface area contributed by atoms with Crippen LogP contribution in [0.4, 0.5) is 0 Å². The van der Waals surface area contributed by atoms with Gasteiger partial charge in [-0.1, -0.05) is 42.5 Å². The van der Waals surface area contributed by atoms with E-state index in [4.69, 9.17) is 23.2 Å². The Hall–Kier alpha value is -0.570. The number of Topliss-reactive ketones (excluding diaryl/α,β-unsaturated/α-hetero) is 1. The maximum Gasteiger partial charge on any atom is 0.178 e. The first-order chi connectivity index (χ1) is 9.16. The van der Waals surface area contributed by atoms with Crippen molar-refractivity contribution in [3.05, 3.63) is 33.8 Å². The molecule has 0 atom stereocenters. The van der Waals surface area contributed by atoms with Crippen molar-refractivity contribution in [2.75, 3.05) is 19.6 Å². The molecule has 104 valence electrons. The average molecular weight is 300 g/mol. The Kier molecular flexibility index (Phi) is 5.68. The van der Waals surface area contributed by atoms with Crippen LogP contribution in [0.1, 0.15) is 42.5 Å². The summed E-state index contributed by atoms with van der Waals surface area (Å²) in [5.74, 6) is 0.0854.